The molecule has 1 fully saturated rings. The molecule has 0 spiro atoms. The van der Waals surface area contributed by atoms with Crippen LogP contribution in [0.1, 0.15) is 39.2 Å². The highest BCUT2D eigenvalue weighted by molar-refractivity contribution is 5.88. The van der Waals surface area contributed by atoms with Gasteiger partial charge in [-0.1, -0.05) is 0 Å². The summed E-state index contributed by atoms with van der Waals surface area (Å²) < 4.78 is 5.15. The van der Waals surface area contributed by atoms with E-state index in [1.165, 1.54) is 18.2 Å². The zero-order chi connectivity index (χ0) is 17.4. The summed E-state index contributed by atoms with van der Waals surface area (Å²) in [6.07, 6.45) is -0.166. The minimum Gasteiger partial charge on any atom is -0.508 e. The molecule has 7 nitrogen and oxygen atoms in total. The first-order valence-electron chi connectivity index (χ1n) is 7.36. The summed E-state index contributed by atoms with van der Waals surface area (Å²) in [4.78, 5) is 23.5. The van der Waals surface area contributed by atoms with Gasteiger partial charge in [0.15, 0.2) is 0 Å². The van der Waals surface area contributed by atoms with Gasteiger partial charge in [0.25, 0.3) is 0 Å². The number of benzene rings is 1. The lowest BCUT2D eigenvalue weighted by molar-refractivity contribution is -0.148. The topological polar surface area (TPSA) is 122 Å². The van der Waals surface area contributed by atoms with E-state index in [1.807, 2.05) is 0 Å². The van der Waals surface area contributed by atoms with Gasteiger partial charge >= 0.3 is 12.1 Å². The highest BCUT2D eigenvalue weighted by atomic mass is 16.6. The van der Waals surface area contributed by atoms with Crippen molar-refractivity contribution in [3.05, 3.63) is 23.8 Å². The van der Waals surface area contributed by atoms with Crippen LogP contribution in [0.2, 0.25) is 0 Å². The number of amides is 1. The summed E-state index contributed by atoms with van der Waals surface area (Å²) in [5.74, 6) is -1.17. The van der Waals surface area contributed by atoms with E-state index in [0.29, 0.717) is 5.69 Å². The van der Waals surface area contributed by atoms with Gasteiger partial charge in [-0.2, -0.15) is 0 Å². The fraction of sp³-hybridized carbons (Fsp3) is 0.500. The maximum atomic E-state index is 11.8. The maximum Gasteiger partial charge on any atom is 0.412 e. The molecule has 1 amide bonds. The van der Waals surface area contributed by atoms with Gasteiger partial charge in [0, 0.05) is 17.3 Å². The lowest BCUT2D eigenvalue weighted by Gasteiger charge is -2.43. The largest absolute Gasteiger partial charge is 0.508 e. The van der Waals surface area contributed by atoms with Gasteiger partial charge in [0.1, 0.15) is 11.4 Å². The molecule has 0 aliphatic heterocycles. The highest BCUT2D eigenvalue weighted by Crippen LogP contribution is 2.47. The Kier molecular flexibility index (Phi) is 4.26. The summed E-state index contributed by atoms with van der Waals surface area (Å²) in [5.41, 5.74) is 4.48. The first kappa shape index (κ1) is 17.1. The predicted molar refractivity (Wildman–Crippen MR) is 84.5 cm³/mol. The minimum atomic E-state index is -1.21. The number of carboxylic acid groups (broad SMARTS) is 1. The second kappa shape index (κ2) is 5.73. The summed E-state index contributed by atoms with van der Waals surface area (Å²) in [5, 5.41) is 22.1. The third-order valence-electron chi connectivity index (χ3n) is 3.79. The van der Waals surface area contributed by atoms with Crippen LogP contribution >= 0.6 is 0 Å². The Balaban J connectivity index is 2.26. The Morgan fingerprint density at radius 3 is 2.43 bits per heavy atom. The number of nitrogens with two attached hydrogens (primary N) is 1. The molecule has 0 radical (unpaired) electrons. The minimum absolute atomic E-state index is 0.131. The van der Waals surface area contributed by atoms with Gasteiger partial charge in [0.2, 0.25) is 0 Å². The summed E-state index contributed by atoms with van der Waals surface area (Å²) in [6.45, 7) is 5.22. The van der Waals surface area contributed by atoms with Gasteiger partial charge in [-0.05, 0) is 51.8 Å². The van der Waals surface area contributed by atoms with Crippen molar-refractivity contribution in [2.45, 2.75) is 50.7 Å². The van der Waals surface area contributed by atoms with Crippen molar-refractivity contribution in [1.82, 2.24) is 0 Å². The number of carboxylic acids is 1. The normalized spacial score (nSPS) is 23.7. The smallest absolute Gasteiger partial charge is 0.412 e. The van der Waals surface area contributed by atoms with Crippen LogP contribution < -0.4 is 11.1 Å². The molecule has 1 aliphatic carbocycles. The molecule has 1 aliphatic rings. The number of carbonyl (C=O) groups excluding carboxylic acids is 1. The second-order valence-electron chi connectivity index (χ2n) is 6.91. The van der Waals surface area contributed by atoms with Crippen molar-refractivity contribution >= 4 is 17.7 Å². The second-order valence-corrected chi connectivity index (χ2v) is 6.91. The first-order valence-corrected chi connectivity index (χ1v) is 7.36. The van der Waals surface area contributed by atoms with Crippen molar-refractivity contribution in [3.8, 4) is 5.75 Å². The highest BCUT2D eigenvalue weighted by Gasteiger charge is 2.52. The Morgan fingerprint density at radius 2 is 1.96 bits per heavy atom. The van der Waals surface area contributed by atoms with Gasteiger partial charge in [0.05, 0.1) is 5.41 Å². The number of hydrogen-bond donors (Lipinski definition) is 4. The molecule has 1 saturated carbocycles. The quantitative estimate of drug-likeness (QED) is 0.633. The third kappa shape index (κ3) is 3.56. The third-order valence-corrected chi connectivity index (χ3v) is 3.79. The molecule has 0 bridgehead atoms. The fourth-order valence-corrected chi connectivity index (χ4v) is 2.76. The van der Waals surface area contributed by atoms with Crippen LogP contribution in [0.4, 0.5) is 10.5 Å². The summed E-state index contributed by atoms with van der Waals surface area (Å²) in [7, 11) is 0. The molecule has 0 saturated heterocycles. The molecule has 1 aromatic carbocycles. The van der Waals surface area contributed by atoms with Gasteiger partial charge in [-0.15, -0.1) is 0 Å². The standard InChI is InChI=1S/C16H22N2O5/c1-15(2,3)23-14(22)18-10-4-5-12(19)11(6-10)16(13(20)21)7-9(17)8-16/h4-6,9,19H,7-8,17H2,1-3H3,(H,18,22)(H,20,21). The van der Waals surface area contributed by atoms with Crippen molar-refractivity contribution < 1.29 is 24.5 Å². The zero-order valence-electron chi connectivity index (χ0n) is 13.4. The SMILES string of the molecule is CC(C)(C)OC(=O)Nc1ccc(O)c(C2(C(=O)O)CC(N)C2)c1. The van der Waals surface area contributed by atoms with Crippen LogP contribution in [0.25, 0.3) is 0 Å². The van der Waals surface area contributed by atoms with Crippen LogP contribution in [0.15, 0.2) is 18.2 Å². The predicted octanol–water partition coefficient (Wildman–Crippen LogP) is 2.18. The Labute approximate surface area is 134 Å². The average Bonchev–Trinajstić information content (AvgIpc) is 2.34. The van der Waals surface area contributed by atoms with Gasteiger partial charge in [-0.3, -0.25) is 10.1 Å². The molecule has 126 valence electrons. The van der Waals surface area contributed by atoms with E-state index in [1.54, 1.807) is 20.8 Å². The Bertz CT molecular complexity index is 630. The van der Waals surface area contributed by atoms with E-state index in [9.17, 15) is 19.8 Å². The maximum absolute atomic E-state index is 11.8. The van der Waals surface area contributed by atoms with E-state index in [2.05, 4.69) is 5.32 Å². The summed E-state index contributed by atoms with van der Waals surface area (Å²) >= 11 is 0. The molecule has 5 N–H and O–H groups in total. The van der Waals surface area contributed by atoms with Crippen molar-refractivity contribution in [3.63, 3.8) is 0 Å². The van der Waals surface area contributed by atoms with Crippen LogP contribution in [0, 0.1) is 0 Å². The number of rotatable bonds is 3. The Hall–Kier alpha value is -2.28. The van der Waals surface area contributed by atoms with Gasteiger partial charge in [-0.25, -0.2) is 4.79 Å². The molecular weight excluding hydrogens is 300 g/mol. The molecule has 1 aromatic rings. The lowest BCUT2D eigenvalue weighted by Crippen LogP contribution is -2.54. The molecule has 2 rings (SSSR count). The van der Waals surface area contributed by atoms with Crippen molar-refractivity contribution in [1.29, 1.82) is 0 Å². The lowest BCUT2D eigenvalue weighted by atomic mass is 9.61. The number of nitrogens with one attached hydrogen (secondary N) is 1. The number of aliphatic carboxylic acids is 1. The summed E-state index contributed by atoms with van der Waals surface area (Å²) in [6, 6.07) is 4.08. The van der Waals surface area contributed by atoms with Crippen LogP contribution in [-0.4, -0.2) is 33.9 Å². The average molecular weight is 322 g/mol. The van der Waals surface area contributed by atoms with E-state index in [0.717, 1.165) is 0 Å². The molecule has 0 aromatic heterocycles. The number of carbonyl (C=O) groups is 2. The van der Waals surface area contributed by atoms with E-state index in [4.69, 9.17) is 10.5 Å². The molecule has 0 heterocycles. The number of anilines is 1. The molecule has 7 heteroatoms. The van der Waals surface area contributed by atoms with E-state index in [-0.39, 0.29) is 30.2 Å². The number of hydrogen-bond acceptors (Lipinski definition) is 5. The molecular formula is C16H22N2O5. The molecule has 23 heavy (non-hydrogen) atoms. The number of phenols is 1. The van der Waals surface area contributed by atoms with Crippen LogP contribution in [0.3, 0.4) is 0 Å². The number of ether oxygens (including phenoxy) is 1. The first-order chi connectivity index (χ1) is 10.5. The van der Waals surface area contributed by atoms with Crippen LogP contribution in [0.5, 0.6) is 5.75 Å². The monoisotopic (exact) mass is 322 g/mol. The number of aromatic hydroxyl groups is 1. The van der Waals surface area contributed by atoms with Crippen molar-refractivity contribution in [2.24, 2.45) is 5.73 Å². The molecule has 0 atom stereocenters. The van der Waals surface area contributed by atoms with E-state index < -0.39 is 23.1 Å². The van der Waals surface area contributed by atoms with Gasteiger partial charge < -0.3 is 20.7 Å². The Morgan fingerprint density at radius 1 is 1.35 bits per heavy atom. The van der Waals surface area contributed by atoms with Crippen LogP contribution in [-0.2, 0) is 14.9 Å². The van der Waals surface area contributed by atoms with E-state index >= 15 is 0 Å². The number of phenolic OH excluding ortho intramolecular Hbond substituents is 1. The zero-order valence-corrected chi connectivity index (χ0v) is 13.4. The fourth-order valence-electron chi connectivity index (χ4n) is 2.76. The van der Waals surface area contributed by atoms with Crippen molar-refractivity contribution in [2.75, 3.05) is 5.32 Å². The molecule has 0 unspecified atom stereocenters.